The van der Waals surface area contributed by atoms with Crippen LogP contribution in [0, 0.1) is 11.8 Å². The van der Waals surface area contributed by atoms with Crippen molar-refractivity contribution < 1.29 is 29.2 Å². The van der Waals surface area contributed by atoms with Gasteiger partial charge in [-0.25, -0.2) is 4.57 Å². The Morgan fingerprint density at radius 2 is 2.17 bits per heavy atom. The number of carbonyl (C=O) groups is 3. The first-order valence-corrected chi connectivity index (χ1v) is 11.5. The Labute approximate surface area is 181 Å². The normalized spacial score (nSPS) is 24.2. The number of rotatable bonds is 6. The number of thiazole rings is 1. The Morgan fingerprint density at radius 3 is 2.73 bits per heavy atom. The Morgan fingerprint density at radius 1 is 1.47 bits per heavy atom. The number of aliphatic hydroxyl groups is 1. The summed E-state index contributed by atoms with van der Waals surface area (Å²) in [5.74, 6) is -2.77. The highest BCUT2D eigenvalue weighted by Crippen LogP contribution is 2.51. The number of carboxylic acid groups (broad SMARTS) is 1. The molecule has 9 nitrogen and oxygen atoms in total. The van der Waals surface area contributed by atoms with E-state index in [0.717, 1.165) is 14.7 Å². The molecule has 1 saturated heterocycles. The summed E-state index contributed by atoms with van der Waals surface area (Å²) in [5.41, 5.74) is 0.443. The third-order valence-electron chi connectivity index (χ3n) is 5.82. The lowest BCUT2D eigenvalue weighted by molar-refractivity contribution is -0.717. The number of likely N-dealkylation sites (N-methyl/N-ethyl adjacent to an activating group) is 1. The number of hydrogen-bond donors (Lipinski definition) is 2. The van der Waals surface area contributed by atoms with Gasteiger partial charge in [0.2, 0.25) is 15.8 Å². The highest BCUT2D eigenvalue weighted by Gasteiger charge is 2.59. The predicted octanol–water partition coefficient (Wildman–Crippen LogP) is -0.925. The molecule has 0 saturated carbocycles. The molecule has 30 heavy (non-hydrogen) atoms. The number of nitrogens with zero attached hydrogens (tertiary/aromatic N) is 3. The number of nitrogens with one attached hydrogen (secondary N) is 1. The number of β-lactam (4-membered cyclic amide) rings is 1. The molecule has 0 unspecified atom stereocenters. The lowest BCUT2D eigenvalue weighted by Crippen LogP contribution is -2.64. The third-order valence-corrected chi connectivity index (χ3v) is 7.91. The van der Waals surface area contributed by atoms with E-state index in [1.54, 1.807) is 20.3 Å². The number of aromatic nitrogens is 2. The van der Waals surface area contributed by atoms with Crippen molar-refractivity contribution in [3.63, 3.8) is 0 Å². The van der Waals surface area contributed by atoms with Gasteiger partial charge < -0.3 is 25.2 Å². The number of amides is 2. The summed E-state index contributed by atoms with van der Waals surface area (Å²) in [6, 6.07) is -0.389. The van der Waals surface area contributed by atoms with Crippen LogP contribution in [-0.2, 0) is 20.9 Å². The smallest absolute Gasteiger partial charge is 0.262 e. The Kier molecular flexibility index (Phi) is 5.15. The average molecular weight is 451 g/mol. The molecular formula is C19H22N4O5S2. The number of thioether (sulfide) groups is 1. The van der Waals surface area contributed by atoms with Crippen molar-refractivity contribution in [2.75, 3.05) is 13.3 Å². The van der Waals surface area contributed by atoms with Crippen LogP contribution in [0.15, 0.2) is 23.2 Å². The van der Waals surface area contributed by atoms with Crippen LogP contribution >= 0.6 is 23.1 Å². The van der Waals surface area contributed by atoms with Crippen molar-refractivity contribution in [3.8, 4) is 0 Å². The van der Waals surface area contributed by atoms with Crippen molar-refractivity contribution >= 4 is 51.3 Å². The fourth-order valence-corrected chi connectivity index (χ4v) is 6.67. The van der Waals surface area contributed by atoms with Crippen molar-refractivity contribution in [2.45, 2.75) is 37.6 Å². The largest absolute Gasteiger partial charge is 0.543 e. The zero-order chi connectivity index (χ0) is 21.9. The first kappa shape index (κ1) is 20.9. The van der Waals surface area contributed by atoms with Gasteiger partial charge in [0.15, 0.2) is 6.54 Å². The second-order valence-corrected chi connectivity index (χ2v) is 9.36. The molecule has 160 valence electrons. The zero-order valence-electron chi connectivity index (χ0n) is 16.9. The van der Waals surface area contributed by atoms with Crippen LogP contribution in [0.3, 0.4) is 0 Å². The van der Waals surface area contributed by atoms with Crippen LogP contribution in [0.1, 0.15) is 18.7 Å². The third kappa shape index (κ3) is 2.87. The van der Waals surface area contributed by atoms with Gasteiger partial charge in [-0.2, -0.15) is 4.40 Å². The van der Waals surface area contributed by atoms with Crippen molar-refractivity contribution in [1.29, 1.82) is 0 Å². The van der Waals surface area contributed by atoms with Gasteiger partial charge in [0.25, 0.3) is 12.2 Å². The summed E-state index contributed by atoms with van der Waals surface area (Å²) in [5, 5.41) is 25.4. The first-order valence-electron chi connectivity index (χ1n) is 9.46. The fourth-order valence-electron chi connectivity index (χ4n) is 4.49. The number of aliphatic carboxylic acids is 1. The van der Waals surface area contributed by atoms with Crippen molar-refractivity contribution in [2.24, 2.45) is 11.8 Å². The summed E-state index contributed by atoms with van der Waals surface area (Å²) in [7, 11) is 1.58. The lowest BCUT2D eigenvalue weighted by Gasteiger charge is -2.47. The molecule has 4 atom stereocenters. The maximum Gasteiger partial charge on any atom is 0.262 e. The van der Waals surface area contributed by atoms with E-state index in [-0.39, 0.29) is 36.0 Å². The highest BCUT2D eigenvalue weighted by atomic mass is 32.2. The molecule has 2 aromatic rings. The Bertz CT molecular complexity index is 1100. The van der Waals surface area contributed by atoms with Gasteiger partial charge in [0.05, 0.1) is 34.6 Å². The molecule has 4 rings (SSSR count). The molecule has 11 heteroatoms. The van der Waals surface area contributed by atoms with Crippen LogP contribution in [0.4, 0.5) is 0 Å². The number of aliphatic hydroxyl groups excluding tert-OH is 1. The zero-order valence-corrected chi connectivity index (χ0v) is 18.5. The van der Waals surface area contributed by atoms with E-state index in [1.165, 1.54) is 28.0 Å². The minimum atomic E-state index is -1.39. The van der Waals surface area contributed by atoms with Crippen molar-refractivity contribution in [1.82, 2.24) is 14.6 Å². The number of carboxylic acids is 1. The molecule has 1 fully saturated rings. The molecule has 2 amide bonds. The van der Waals surface area contributed by atoms with E-state index in [4.69, 9.17) is 0 Å². The van der Waals surface area contributed by atoms with Gasteiger partial charge in [0.1, 0.15) is 6.20 Å². The highest BCUT2D eigenvalue weighted by molar-refractivity contribution is 7.98. The SMILES string of the molecule is CNC(=O)C[n+]1cn2cc(C3=C(C(=O)[O-])N4C(=O)[C@H]([C@@H](C)O)[C@H]4[C@H]3C)sc2c1SC. The molecule has 2 N–H and O–H groups in total. The predicted molar refractivity (Wildman–Crippen MR) is 108 cm³/mol. The maximum absolute atomic E-state index is 12.5. The standard InChI is InChI=1S/C19H22N4O5S2/c1-8-12(15(19(27)28)23-14(8)13(9(2)24)16(23)26)10-5-21-7-22(6-11(25)20-3)17(29-4)18(21)30-10/h5,7-9,13-14,24H,6H2,1-4H3,(H-,20,25,27,28)/t8-,9+,13+,14+/m0/s1. The van der Waals surface area contributed by atoms with E-state index in [9.17, 15) is 24.6 Å². The van der Waals surface area contributed by atoms with Crippen LogP contribution in [0.25, 0.3) is 10.4 Å². The van der Waals surface area contributed by atoms with Gasteiger partial charge in [-0.15, -0.1) is 0 Å². The molecule has 0 radical (unpaired) electrons. The fraction of sp³-hybridized carbons (Fsp3) is 0.474. The van der Waals surface area contributed by atoms with Gasteiger partial charge in [-0.3, -0.25) is 9.59 Å². The van der Waals surface area contributed by atoms with Crippen LogP contribution in [0.5, 0.6) is 0 Å². The Balaban J connectivity index is 1.80. The second-order valence-electron chi connectivity index (χ2n) is 7.54. The lowest BCUT2D eigenvalue weighted by atomic mass is 9.77. The van der Waals surface area contributed by atoms with Gasteiger partial charge in [-0.05, 0) is 13.2 Å². The summed E-state index contributed by atoms with van der Waals surface area (Å²) in [6.07, 6.45) is 4.68. The monoisotopic (exact) mass is 450 g/mol. The molecule has 2 aromatic heterocycles. The van der Waals surface area contributed by atoms with Crippen molar-refractivity contribution in [3.05, 3.63) is 23.1 Å². The molecule has 2 aliphatic heterocycles. The van der Waals surface area contributed by atoms with Gasteiger partial charge in [-0.1, -0.05) is 30.0 Å². The molecular weight excluding hydrogens is 428 g/mol. The second kappa shape index (κ2) is 7.40. The maximum atomic E-state index is 12.5. The van der Waals surface area contributed by atoms with E-state index in [2.05, 4.69) is 5.32 Å². The molecule has 0 aromatic carbocycles. The van der Waals surface area contributed by atoms with E-state index < -0.39 is 18.0 Å². The molecule has 2 aliphatic rings. The topological polar surface area (TPSA) is 118 Å². The minimum Gasteiger partial charge on any atom is -0.543 e. The summed E-state index contributed by atoms with van der Waals surface area (Å²) in [4.78, 5) is 39.1. The Hall–Kier alpha value is -2.37. The van der Waals surface area contributed by atoms with Crippen LogP contribution < -0.4 is 15.0 Å². The number of imidazole rings is 1. The van der Waals surface area contributed by atoms with E-state index in [0.29, 0.717) is 5.57 Å². The van der Waals surface area contributed by atoms with Gasteiger partial charge in [0, 0.05) is 18.5 Å². The minimum absolute atomic E-state index is 0.108. The summed E-state index contributed by atoms with van der Waals surface area (Å²) >= 11 is 2.91. The first-order chi connectivity index (χ1) is 14.2. The van der Waals surface area contributed by atoms with Crippen LogP contribution in [-0.4, -0.2) is 57.6 Å². The summed E-state index contributed by atoms with van der Waals surface area (Å²) < 4.78 is 3.70. The van der Waals surface area contributed by atoms with Gasteiger partial charge >= 0.3 is 0 Å². The van der Waals surface area contributed by atoms with Crippen LogP contribution in [0.2, 0.25) is 0 Å². The molecule has 4 heterocycles. The average Bonchev–Trinajstić information content (AvgIpc) is 3.28. The van der Waals surface area contributed by atoms with E-state index in [1.807, 2.05) is 28.3 Å². The molecule has 0 spiro atoms. The summed E-state index contributed by atoms with van der Waals surface area (Å²) in [6.45, 7) is 3.61. The number of fused-ring (bicyclic) bond motifs is 2. The van der Waals surface area contributed by atoms with E-state index >= 15 is 0 Å². The molecule has 0 bridgehead atoms. The number of hydrogen-bond acceptors (Lipinski definition) is 7. The number of carbonyl (C=O) groups excluding carboxylic acids is 3. The quantitative estimate of drug-likeness (QED) is 0.334. The molecule has 0 aliphatic carbocycles.